The van der Waals surface area contributed by atoms with E-state index >= 15 is 0 Å². The quantitative estimate of drug-likeness (QED) is 0.894. The van der Waals surface area contributed by atoms with Crippen molar-refractivity contribution in [2.24, 2.45) is 0 Å². The Hall–Kier alpha value is -0.640. The molecule has 1 atom stereocenters. The van der Waals surface area contributed by atoms with Gasteiger partial charge in [-0.25, -0.2) is 0 Å². The van der Waals surface area contributed by atoms with E-state index in [0.29, 0.717) is 6.42 Å². The van der Waals surface area contributed by atoms with E-state index in [9.17, 15) is 5.11 Å². The van der Waals surface area contributed by atoms with E-state index in [-0.39, 0.29) is 0 Å². The molecule has 94 valence electrons. The van der Waals surface area contributed by atoms with Crippen molar-refractivity contribution in [3.63, 3.8) is 0 Å². The highest BCUT2D eigenvalue weighted by Crippen LogP contribution is 2.32. The second kappa shape index (κ2) is 5.16. The van der Waals surface area contributed by atoms with Crippen molar-refractivity contribution in [2.45, 2.75) is 31.8 Å². The Morgan fingerprint density at radius 2 is 2.06 bits per heavy atom. The summed E-state index contributed by atoms with van der Waals surface area (Å²) < 4.78 is 1.01. The molecule has 0 saturated heterocycles. The van der Waals surface area contributed by atoms with Crippen LogP contribution in [0.3, 0.4) is 0 Å². The first-order chi connectivity index (χ1) is 8.74. The number of rotatable bonds is 3. The van der Waals surface area contributed by atoms with E-state index in [0.717, 1.165) is 9.35 Å². The summed E-state index contributed by atoms with van der Waals surface area (Å²) in [6.45, 7) is 0. The zero-order valence-corrected chi connectivity index (χ0v) is 12.4. The number of aryl methyl sites for hydroxylation is 2. The minimum Gasteiger partial charge on any atom is -0.387 e. The molecule has 0 spiro atoms. The average Bonchev–Trinajstić information content (AvgIpc) is 2.96. The van der Waals surface area contributed by atoms with Gasteiger partial charge in [0.25, 0.3) is 0 Å². The van der Waals surface area contributed by atoms with Gasteiger partial charge in [-0.1, -0.05) is 18.2 Å². The van der Waals surface area contributed by atoms with Gasteiger partial charge in [0.15, 0.2) is 0 Å². The maximum Gasteiger partial charge on any atom is 0.0933 e. The predicted octanol–water partition coefficient (Wildman–Crippen LogP) is 4.28. The summed E-state index contributed by atoms with van der Waals surface area (Å²) >= 11 is 5.09. The molecule has 1 aliphatic rings. The molecule has 0 aliphatic heterocycles. The maximum atomic E-state index is 10.3. The molecular formula is C15H15BrOS. The van der Waals surface area contributed by atoms with E-state index < -0.39 is 6.10 Å². The topological polar surface area (TPSA) is 20.2 Å². The fourth-order valence-corrected chi connectivity index (χ4v) is 4.23. The molecule has 1 nitrogen and oxygen atoms in total. The highest BCUT2D eigenvalue weighted by Gasteiger charge is 2.16. The number of benzene rings is 1. The molecule has 0 radical (unpaired) electrons. The van der Waals surface area contributed by atoms with E-state index in [1.807, 2.05) is 11.4 Å². The summed E-state index contributed by atoms with van der Waals surface area (Å²) in [5.41, 5.74) is 4.21. The van der Waals surface area contributed by atoms with Crippen LogP contribution in [0.4, 0.5) is 0 Å². The minimum atomic E-state index is -0.404. The molecule has 1 N–H and O–H groups in total. The Bertz CT molecular complexity index is 561. The number of aliphatic hydroxyl groups excluding tert-OH is 1. The van der Waals surface area contributed by atoms with E-state index in [1.165, 1.54) is 36.0 Å². The first-order valence-corrected chi connectivity index (χ1v) is 7.93. The Labute approximate surface area is 120 Å². The predicted molar refractivity (Wildman–Crippen MR) is 79.1 cm³/mol. The molecule has 18 heavy (non-hydrogen) atoms. The van der Waals surface area contributed by atoms with E-state index in [2.05, 4.69) is 34.1 Å². The molecular weight excluding hydrogens is 308 g/mol. The highest BCUT2D eigenvalue weighted by molar-refractivity contribution is 9.10. The molecule has 1 unspecified atom stereocenters. The van der Waals surface area contributed by atoms with Crippen molar-refractivity contribution in [3.05, 3.63) is 55.7 Å². The van der Waals surface area contributed by atoms with Crippen LogP contribution in [-0.2, 0) is 19.3 Å². The first-order valence-electron chi connectivity index (χ1n) is 6.25. The normalized spacial score (nSPS) is 15.7. The lowest BCUT2D eigenvalue weighted by Crippen LogP contribution is -2.01. The monoisotopic (exact) mass is 322 g/mol. The van der Waals surface area contributed by atoms with Crippen molar-refractivity contribution >= 4 is 27.3 Å². The van der Waals surface area contributed by atoms with Crippen LogP contribution in [0, 0.1) is 0 Å². The number of hydrogen-bond donors (Lipinski definition) is 1. The molecule has 3 heteroatoms. The van der Waals surface area contributed by atoms with Crippen molar-refractivity contribution < 1.29 is 5.11 Å². The molecule has 2 aromatic rings. The summed E-state index contributed by atoms with van der Waals surface area (Å²) in [4.78, 5) is 1.02. The van der Waals surface area contributed by atoms with Crippen LogP contribution >= 0.6 is 27.3 Å². The standard InChI is InChI=1S/C15H15BrOS/c16-13-6-7-18-15(13)14(17)9-10-4-5-11-2-1-3-12(11)8-10/h4-8,14,17H,1-3,9H2. The molecule has 0 bridgehead atoms. The molecule has 1 aromatic heterocycles. The molecule has 0 amide bonds. The Balaban J connectivity index is 1.79. The largest absolute Gasteiger partial charge is 0.387 e. The van der Waals surface area contributed by atoms with Crippen LogP contribution in [0.1, 0.15) is 34.1 Å². The summed E-state index contributed by atoms with van der Waals surface area (Å²) in [7, 11) is 0. The maximum absolute atomic E-state index is 10.3. The highest BCUT2D eigenvalue weighted by atomic mass is 79.9. The Morgan fingerprint density at radius 3 is 2.83 bits per heavy atom. The number of thiophene rings is 1. The molecule has 1 aliphatic carbocycles. The summed E-state index contributed by atoms with van der Waals surface area (Å²) in [6, 6.07) is 8.65. The van der Waals surface area contributed by atoms with Crippen LogP contribution < -0.4 is 0 Å². The smallest absolute Gasteiger partial charge is 0.0933 e. The molecule has 1 aromatic carbocycles. The molecule has 1 heterocycles. The Morgan fingerprint density at radius 1 is 1.22 bits per heavy atom. The number of fused-ring (bicyclic) bond motifs is 1. The molecule has 0 saturated carbocycles. The van der Waals surface area contributed by atoms with Gasteiger partial charge in [-0.05, 0) is 63.3 Å². The van der Waals surface area contributed by atoms with Gasteiger partial charge in [0.05, 0.1) is 6.10 Å². The number of aliphatic hydroxyl groups is 1. The average molecular weight is 323 g/mol. The minimum absolute atomic E-state index is 0.404. The third-order valence-electron chi connectivity index (χ3n) is 3.54. The van der Waals surface area contributed by atoms with E-state index in [4.69, 9.17) is 0 Å². The van der Waals surface area contributed by atoms with Gasteiger partial charge < -0.3 is 5.11 Å². The van der Waals surface area contributed by atoms with Crippen LogP contribution in [0.5, 0.6) is 0 Å². The summed E-state index contributed by atoms with van der Waals surface area (Å²) in [5, 5.41) is 12.3. The lowest BCUT2D eigenvalue weighted by molar-refractivity contribution is 0.181. The lowest BCUT2D eigenvalue weighted by Gasteiger charge is -2.11. The van der Waals surface area contributed by atoms with Crippen LogP contribution in [0.2, 0.25) is 0 Å². The second-order valence-electron chi connectivity index (χ2n) is 4.81. The lowest BCUT2D eigenvalue weighted by atomic mass is 10.0. The number of hydrogen-bond acceptors (Lipinski definition) is 2. The van der Waals surface area contributed by atoms with Crippen molar-refractivity contribution in [2.75, 3.05) is 0 Å². The Kier molecular flexibility index (Phi) is 3.55. The zero-order valence-electron chi connectivity index (χ0n) is 10.0. The zero-order chi connectivity index (χ0) is 12.5. The third-order valence-corrected chi connectivity index (χ3v) is 5.51. The summed E-state index contributed by atoms with van der Waals surface area (Å²) in [6.07, 6.45) is 3.99. The first kappa shape index (κ1) is 12.4. The van der Waals surface area contributed by atoms with Gasteiger partial charge in [-0.15, -0.1) is 11.3 Å². The van der Waals surface area contributed by atoms with Gasteiger partial charge in [0.2, 0.25) is 0 Å². The second-order valence-corrected chi connectivity index (χ2v) is 6.61. The molecule has 0 fully saturated rings. The SMILES string of the molecule is OC(Cc1ccc2c(c1)CCC2)c1sccc1Br. The summed E-state index contributed by atoms with van der Waals surface area (Å²) in [5.74, 6) is 0. The molecule has 3 rings (SSSR count). The fraction of sp³-hybridized carbons (Fsp3) is 0.333. The van der Waals surface area contributed by atoms with E-state index in [1.54, 1.807) is 11.3 Å². The van der Waals surface area contributed by atoms with Gasteiger partial charge in [0.1, 0.15) is 0 Å². The van der Waals surface area contributed by atoms with Gasteiger partial charge >= 0.3 is 0 Å². The van der Waals surface area contributed by atoms with Crippen LogP contribution in [0.25, 0.3) is 0 Å². The van der Waals surface area contributed by atoms with Crippen molar-refractivity contribution in [1.29, 1.82) is 0 Å². The third kappa shape index (κ3) is 2.40. The number of halogens is 1. The van der Waals surface area contributed by atoms with Crippen LogP contribution in [-0.4, -0.2) is 5.11 Å². The van der Waals surface area contributed by atoms with Gasteiger partial charge in [-0.3, -0.25) is 0 Å². The van der Waals surface area contributed by atoms with Gasteiger partial charge in [0, 0.05) is 15.8 Å². The van der Waals surface area contributed by atoms with Crippen molar-refractivity contribution in [3.8, 4) is 0 Å². The van der Waals surface area contributed by atoms with Gasteiger partial charge in [-0.2, -0.15) is 0 Å². The van der Waals surface area contributed by atoms with Crippen molar-refractivity contribution in [1.82, 2.24) is 0 Å². The fourth-order valence-electron chi connectivity index (χ4n) is 2.61. The van der Waals surface area contributed by atoms with Crippen LogP contribution in [0.15, 0.2) is 34.1 Å².